The number of amides is 2. The van der Waals surface area contributed by atoms with Crippen molar-refractivity contribution >= 4 is 12.0 Å². The van der Waals surface area contributed by atoms with Crippen molar-refractivity contribution in [2.24, 2.45) is 0 Å². The van der Waals surface area contributed by atoms with E-state index in [2.05, 4.69) is 5.32 Å². The second-order valence-corrected chi connectivity index (χ2v) is 5.47. The summed E-state index contributed by atoms with van der Waals surface area (Å²) in [7, 11) is 1.63. The molecular formula is C14H28N2O5. The van der Waals surface area contributed by atoms with Crippen LogP contribution in [0.15, 0.2) is 0 Å². The Balaban J connectivity index is 4.17. The second-order valence-electron chi connectivity index (χ2n) is 5.47. The van der Waals surface area contributed by atoms with Crippen LogP contribution in [0.2, 0.25) is 0 Å². The highest BCUT2D eigenvalue weighted by atomic mass is 16.7. The molecule has 1 N–H and O–H groups in total. The Labute approximate surface area is 126 Å². The van der Waals surface area contributed by atoms with Crippen molar-refractivity contribution in [1.29, 1.82) is 0 Å². The fourth-order valence-corrected chi connectivity index (χ4v) is 1.45. The highest BCUT2D eigenvalue weighted by molar-refractivity contribution is 5.82. The molecule has 0 atom stereocenters. The number of nitrogens with zero attached hydrogens (tertiary/aromatic N) is 1. The summed E-state index contributed by atoms with van der Waals surface area (Å²) in [4.78, 5) is 24.8. The summed E-state index contributed by atoms with van der Waals surface area (Å²) in [6.07, 6.45) is -1.08. The molecule has 0 rings (SSSR count). The molecule has 124 valence electrons. The maximum atomic E-state index is 11.9. The Morgan fingerprint density at radius 1 is 1.14 bits per heavy atom. The molecule has 7 nitrogen and oxygen atoms in total. The average Bonchev–Trinajstić information content (AvgIpc) is 2.34. The van der Waals surface area contributed by atoms with Gasteiger partial charge in [-0.25, -0.2) is 4.79 Å². The predicted molar refractivity (Wildman–Crippen MR) is 78.9 cm³/mol. The first-order valence-electron chi connectivity index (χ1n) is 7.13. The Morgan fingerprint density at radius 3 is 2.10 bits per heavy atom. The molecule has 0 aliphatic rings. The number of carbonyl (C=O) groups excluding carboxylic acids is 2. The summed E-state index contributed by atoms with van der Waals surface area (Å²) in [5, 5.41) is 2.42. The van der Waals surface area contributed by atoms with Crippen molar-refractivity contribution in [3.63, 3.8) is 0 Å². The largest absolute Gasteiger partial charge is 0.444 e. The van der Waals surface area contributed by atoms with Gasteiger partial charge in [0.1, 0.15) is 12.1 Å². The lowest BCUT2D eigenvalue weighted by Gasteiger charge is -2.24. The number of carbonyl (C=O) groups is 2. The molecule has 0 bridgehead atoms. The summed E-state index contributed by atoms with van der Waals surface area (Å²) in [5.74, 6) is -0.245. The van der Waals surface area contributed by atoms with Gasteiger partial charge in [-0.05, 0) is 34.6 Å². The minimum absolute atomic E-state index is 0.129. The van der Waals surface area contributed by atoms with E-state index in [-0.39, 0.29) is 12.5 Å². The highest BCUT2D eigenvalue weighted by Crippen LogP contribution is 2.06. The Kier molecular flexibility index (Phi) is 8.96. The normalized spacial score (nSPS) is 11.4. The molecule has 0 radical (unpaired) electrons. The quantitative estimate of drug-likeness (QED) is 0.685. The first-order valence-corrected chi connectivity index (χ1v) is 7.13. The second kappa shape index (κ2) is 9.57. The summed E-state index contributed by atoms with van der Waals surface area (Å²) in [5.41, 5.74) is -0.589. The van der Waals surface area contributed by atoms with E-state index in [0.717, 1.165) is 0 Å². The van der Waals surface area contributed by atoms with E-state index in [1.807, 2.05) is 13.8 Å². The number of hydrogen-bond acceptors (Lipinski definition) is 5. The van der Waals surface area contributed by atoms with Gasteiger partial charge in [-0.15, -0.1) is 0 Å². The molecule has 0 saturated carbocycles. The van der Waals surface area contributed by atoms with Crippen LogP contribution in [0.25, 0.3) is 0 Å². The van der Waals surface area contributed by atoms with E-state index >= 15 is 0 Å². The molecule has 7 heteroatoms. The number of hydrogen-bond donors (Lipinski definition) is 1. The maximum absolute atomic E-state index is 11.9. The molecule has 0 unspecified atom stereocenters. The van der Waals surface area contributed by atoms with Crippen molar-refractivity contribution < 1.29 is 23.8 Å². The number of likely N-dealkylation sites (N-methyl/N-ethyl adjacent to an activating group) is 1. The number of nitrogens with one attached hydrogen (secondary N) is 1. The van der Waals surface area contributed by atoms with Crippen LogP contribution in [0.5, 0.6) is 0 Å². The van der Waals surface area contributed by atoms with Gasteiger partial charge in [0.15, 0.2) is 6.29 Å². The lowest BCUT2D eigenvalue weighted by molar-refractivity contribution is -0.156. The van der Waals surface area contributed by atoms with Crippen LogP contribution in [0.4, 0.5) is 4.79 Å². The summed E-state index contributed by atoms with van der Waals surface area (Å²) < 4.78 is 15.8. The fourth-order valence-electron chi connectivity index (χ4n) is 1.45. The Bertz CT molecular complexity index is 322. The molecule has 0 fully saturated rings. The van der Waals surface area contributed by atoms with Crippen molar-refractivity contribution in [2.45, 2.75) is 46.5 Å². The fraction of sp³-hybridized carbons (Fsp3) is 0.857. The van der Waals surface area contributed by atoms with Gasteiger partial charge in [0.05, 0.1) is 6.54 Å². The van der Waals surface area contributed by atoms with Gasteiger partial charge in [-0.1, -0.05) is 0 Å². The van der Waals surface area contributed by atoms with Crippen molar-refractivity contribution in [3.05, 3.63) is 0 Å². The summed E-state index contributed by atoms with van der Waals surface area (Å²) in [6.45, 7) is 10.2. The maximum Gasteiger partial charge on any atom is 0.408 e. The van der Waals surface area contributed by atoms with Gasteiger partial charge in [0, 0.05) is 20.3 Å². The van der Waals surface area contributed by atoms with Gasteiger partial charge in [-0.2, -0.15) is 0 Å². The molecule has 0 saturated heterocycles. The highest BCUT2D eigenvalue weighted by Gasteiger charge is 2.19. The van der Waals surface area contributed by atoms with Crippen LogP contribution in [-0.2, 0) is 19.0 Å². The molecule has 21 heavy (non-hydrogen) atoms. The molecular weight excluding hydrogens is 276 g/mol. The zero-order valence-corrected chi connectivity index (χ0v) is 13.9. The van der Waals surface area contributed by atoms with E-state index in [4.69, 9.17) is 14.2 Å². The van der Waals surface area contributed by atoms with Gasteiger partial charge in [-0.3, -0.25) is 4.79 Å². The van der Waals surface area contributed by atoms with Gasteiger partial charge < -0.3 is 24.4 Å². The first kappa shape index (κ1) is 19.7. The smallest absolute Gasteiger partial charge is 0.408 e. The Hall–Kier alpha value is -1.34. The van der Waals surface area contributed by atoms with Crippen LogP contribution >= 0.6 is 0 Å². The zero-order chi connectivity index (χ0) is 16.5. The average molecular weight is 304 g/mol. The monoisotopic (exact) mass is 304 g/mol. The van der Waals surface area contributed by atoms with Gasteiger partial charge >= 0.3 is 6.09 Å². The topological polar surface area (TPSA) is 77.1 Å². The van der Waals surface area contributed by atoms with Crippen LogP contribution in [0.1, 0.15) is 34.6 Å². The van der Waals surface area contributed by atoms with E-state index in [1.54, 1.807) is 27.8 Å². The van der Waals surface area contributed by atoms with Crippen molar-refractivity contribution in [1.82, 2.24) is 10.2 Å². The zero-order valence-electron chi connectivity index (χ0n) is 13.9. The van der Waals surface area contributed by atoms with Crippen LogP contribution in [0, 0.1) is 0 Å². The molecule has 0 spiro atoms. The van der Waals surface area contributed by atoms with E-state index in [1.165, 1.54) is 4.90 Å². The van der Waals surface area contributed by atoms with Crippen LogP contribution in [-0.4, -0.2) is 62.1 Å². The van der Waals surface area contributed by atoms with Crippen molar-refractivity contribution in [2.75, 3.05) is 33.4 Å². The molecule has 0 aromatic rings. The number of ether oxygens (including phenoxy) is 3. The molecule has 0 heterocycles. The Morgan fingerprint density at radius 2 is 1.67 bits per heavy atom. The summed E-state index contributed by atoms with van der Waals surface area (Å²) >= 11 is 0. The SMILES string of the molecule is CCOC(CN(C)C(=O)CNC(=O)OC(C)(C)C)OCC. The molecule has 0 aliphatic carbocycles. The number of alkyl carbamates (subject to hydrolysis) is 1. The van der Waals surface area contributed by atoms with E-state index in [0.29, 0.717) is 19.8 Å². The van der Waals surface area contributed by atoms with E-state index in [9.17, 15) is 9.59 Å². The van der Waals surface area contributed by atoms with Crippen molar-refractivity contribution in [3.8, 4) is 0 Å². The minimum Gasteiger partial charge on any atom is -0.444 e. The third-order valence-corrected chi connectivity index (χ3v) is 2.34. The molecule has 0 aromatic heterocycles. The molecule has 0 aliphatic heterocycles. The predicted octanol–water partition coefficient (Wildman–Crippen LogP) is 1.37. The third kappa shape index (κ3) is 10.1. The summed E-state index contributed by atoms with van der Waals surface area (Å²) in [6, 6.07) is 0. The number of rotatable bonds is 8. The third-order valence-electron chi connectivity index (χ3n) is 2.34. The molecule has 0 aromatic carbocycles. The first-order chi connectivity index (χ1) is 9.69. The lowest BCUT2D eigenvalue weighted by atomic mass is 10.2. The van der Waals surface area contributed by atoms with E-state index < -0.39 is 18.0 Å². The standard InChI is InChI=1S/C14H28N2O5/c1-7-19-12(20-8-2)10-16(6)11(17)9-15-13(18)21-14(3,4)5/h12H,7-10H2,1-6H3,(H,15,18). The van der Waals surface area contributed by atoms with Crippen LogP contribution in [0.3, 0.4) is 0 Å². The molecule has 2 amide bonds. The minimum atomic E-state index is -0.615. The van der Waals surface area contributed by atoms with Gasteiger partial charge in [0.2, 0.25) is 5.91 Å². The van der Waals surface area contributed by atoms with Gasteiger partial charge in [0.25, 0.3) is 0 Å². The van der Waals surface area contributed by atoms with Crippen LogP contribution < -0.4 is 5.32 Å². The lowest BCUT2D eigenvalue weighted by Crippen LogP contribution is -2.43.